The monoisotopic (exact) mass is 219 g/mol. The molecule has 2 rings (SSSR count). The van der Waals surface area contributed by atoms with E-state index in [0.717, 1.165) is 18.8 Å². The molecule has 0 spiro atoms. The van der Waals surface area contributed by atoms with E-state index >= 15 is 0 Å². The van der Waals surface area contributed by atoms with E-state index in [-0.39, 0.29) is 0 Å². The third-order valence-electron chi connectivity index (χ3n) is 2.44. The Morgan fingerprint density at radius 3 is 2.94 bits per heavy atom. The largest absolute Gasteiger partial charge is 0.336 e. The van der Waals surface area contributed by atoms with Crippen molar-refractivity contribution in [2.24, 2.45) is 7.05 Å². The van der Waals surface area contributed by atoms with E-state index in [0.29, 0.717) is 6.04 Å². The van der Waals surface area contributed by atoms with Crippen molar-refractivity contribution in [3.63, 3.8) is 0 Å². The van der Waals surface area contributed by atoms with Gasteiger partial charge in [-0.25, -0.2) is 4.98 Å². The predicted molar refractivity (Wildman–Crippen MR) is 61.7 cm³/mol. The van der Waals surface area contributed by atoms with Crippen molar-refractivity contribution in [3.8, 4) is 0 Å². The maximum Gasteiger partial charge on any atom is 0.0946 e. The Morgan fingerprint density at radius 1 is 1.44 bits per heavy atom. The van der Waals surface area contributed by atoms with Crippen LogP contribution < -0.4 is 5.32 Å². The molecule has 16 heavy (non-hydrogen) atoms. The molecule has 86 valence electrons. The Balaban J connectivity index is 1.77. The number of nitrogens with zero attached hydrogens (tertiary/aromatic N) is 4. The molecule has 5 nitrogen and oxygen atoms in total. The Hall–Kier alpha value is -1.62. The van der Waals surface area contributed by atoms with Gasteiger partial charge >= 0.3 is 0 Å². The van der Waals surface area contributed by atoms with Crippen LogP contribution in [-0.4, -0.2) is 25.4 Å². The number of rotatable bonds is 5. The molecule has 1 unspecified atom stereocenters. The maximum atomic E-state index is 4.31. The van der Waals surface area contributed by atoms with Crippen LogP contribution in [0.15, 0.2) is 31.0 Å². The zero-order valence-electron chi connectivity index (χ0n) is 9.67. The summed E-state index contributed by atoms with van der Waals surface area (Å²) in [7, 11) is 1.93. The van der Waals surface area contributed by atoms with Crippen LogP contribution in [0.3, 0.4) is 0 Å². The Labute approximate surface area is 95.1 Å². The third kappa shape index (κ3) is 2.93. The average Bonchev–Trinajstić information content (AvgIpc) is 2.87. The second-order valence-corrected chi connectivity index (χ2v) is 4.02. The number of aromatic nitrogens is 4. The number of hydrogen-bond acceptors (Lipinski definition) is 3. The predicted octanol–water partition coefficient (Wildman–Crippen LogP) is 0.795. The second kappa shape index (κ2) is 4.94. The SMILES string of the molecule is CC(Cn1ccnc1)NCc1ccn(C)n1. The van der Waals surface area contributed by atoms with Gasteiger partial charge in [0.1, 0.15) is 0 Å². The van der Waals surface area contributed by atoms with Crippen molar-refractivity contribution in [1.29, 1.82) is 0 Å². The fraction of sp³-hybridized carbons (Fsp3) is 0.455. The van der Waals surface area contributed by atoms with E-state index in [1.54, 1.807) is 6.20 Å². The molecule has 0 radical (unpaired) electrons. The summed E-state index contributed by atoms with van der Waals surface area (Å²) in [4.78, 5) is 4.02. The van der Waals surface area contributed by atoms with Crippen LogP contribution >= 0.6 is 0 Å². The normalized spacial score (nSPS) is 12.9. The van der Waals surface area contributed by atoms with Gasteiger partial charge in [0.15, 0.2) is 0 Å². The molecule has 0 bridgehead atoms. The molecule has 0 aromatic carbocycles. The molecule has 2 aromatic rings. The highest BCUT2D eigenvalue weighted by Gasteiger charge is 2.03. The summed E-state index contributed by atoms with van der Waals surface area (Å²) in [5, 5.41) is 7.74. The zero-order chi connectivity index (χ0) is 11.4. The third-order valence-corrected chi connectivity index (χ3v) is 2.44. The van der Waals surface area contributed by atoms with Gasteiger partial charge in [-0.1, -0.05) is 0 Å². The molecule has 0 aliphatic rings. The van der Waals surface area contributed by atoms with Gasteiger partial charge in [-0.2, -0.15) is 5.10 Å². The first kappa shape index (κ1) is 10.9. The minimum atomic E-state index is 0.399. The van der Waals surface area contributed by atoms with Crippen molar-refractivity contribution in [2.75, 3.05) is 0 Å². The number of imidazole rings is 1. The fourth-order valence-electron chi connectivity index (χ4n) is 1.61. The van der Waals surface area contributed by atoms with Gasteiger partial charge in [-0.15, -0.1) is 0 Å². The number of nitrogens with one attached hydrogen (secondary N) is 1. The molecule has 0 aliphatic heterocycles. The molecular weight excluding hydrogens is 202 g/mol. The Kier molecular flexibility index (Phi) is 3.36. The minimum Gasteiger partial charge on any atom is -0.336 e. The lowest BCUT2D eigenvalue weighted by Crippen LogP contribution is -2.29. The molecule has 0 saturated carbocycles. The summed E-state index contributed by atoms with van der Waals surface area (Å²) in [6.45, 7) is 3.88. The van der Waals surface area contributed by atoms with Gasteiger partial charge in [-0.3, -0.25) is 4.68 Å². The van der Waals surface area contributed by atoms with Crippen LogP contribution in [0.25, 0.3) is 0 Å². The topological polar surface area (TPSA) is 47.7 Å². The van der Waals surface area contributed by atoms with Crippen LogP contribution in [0.5, 0.6) is 0 Å². The van der Waals surface area contributed by atoms with Gasteiger partial charge in [-0.05, 0) is 13.0 Å². The molecule has 0 fully saturated rings. The number of aryl methyl sites for hydroxylation is 1. The highest BCUT2D eigenvalue weighted by atomic mass is 15.3. The van der Waals surface area contributed by atoms with Crippen molar-refractivity contribution >= 4 is 0 Å². The lowest BCUT2D eigenvalue weighted by molar-refractivity contribution is 0.471. The quantitative estimate of drug-likeness (QED) is 0.809. The molecule has 2 aromatic heterocycles. The lowest BCUT2D eigenvalue weighted by atomic mass is 10.3. The Morgan fingerprint density at radius 2 is 2.31 bits per heavy atom. The summed E-state index contributed by atoms with van der Waals surface area (Å²) in [5.74, 6) is 0. The number of hydrogen-bond donors (Lipinski definition) is 1. The summed E-state index contributed by atoms with van der Waals surface area (Å²) < 4.78 is 3.88. The zero-order valence-corrected chi connectivity index (χ0v) is 9.67. The van der Waals surface area contributed by atoms with E-state index in [4.69, 9.17) is 0 Å². The molecule has 0 saturated heterocycles. The van der Waals surface area contributed by atoms with E-state index in [1.165, 1.54) is 0 Å². The minimum absolute atomic E-state index is 0.399. The highest BCUT2D eigenvalue weighted by Crippen LogP contribution is 1.96. The van der Waals surface area contributed by atoms with E-state index in [1.807, 2.05) is 36.5 Å². The first-order chi connectivity index (χ1) is 7.74. The Bertz CT molecular complexity index is 417. The lowest BCUT2D eigenvalue weighted by Gasteiger charge is -2.13. The molecule has 2 heterocycles. The smallest absolute Gasteiger partial charge is 0.0946 e. The van der Waals surface area contributed by atoms with Gasteiger partial charge in [0.2, 0.25) is 0 Å². The molecule has 0 aliphatic carbocycles. The second-order valence-electron chi connectivity index (χ2n) is 4.02. The van der Waals surface area contributed by atoms with Crippen molar-refractivity contribution in [3.05, 3.63) is 36.7 Å². The summed E-state index contributed by atoms with van der Waals surface area (Å²) in [5.41, 5.74) is 1.07. The summed E-state index contributed by atoms with van der Waals surface area (Å²) >= 11 is 0. The van der Waals surface area contributed by atoms with Gasteiger partial charge in [0.25, 0.3) is 0 Å². The van der Waals surface area contributed by atoms with Gasteiger partial charge in [0, 0.05) is 44.8 Å². The standard InChI is InChI=1S/C11H17N5/c1-10(8-16-6-4-12-9-16)13-7-11-3-5-15(2)14-11/h3-6,9-10,13H,7-8H2,1-2H3. The molecule has 1 atom stereocenters. The van der Waals surface area contributed by atoms with E-state index < -0.39 is 0 Å². The molecule has 0 amide bonds. The molecule has 5 heteroatoms. The van der Waals surface area contributed by atoms with Crippen LogP contribution in [0.4, 0.5) is 0 Å². The highest BCUT2D eigenvalue weighted by molar-refractivity contribution is 4.98. The van der Waals surface area contributed by atoms with Crippen LogP contribution in [0.1, 0.15) is 12.6 Å². The van der Waals surface area contributed by atoms with Crippen molar-refractivity contribution in [2.45, 2.75) is 26.1 Å². The van der Waals surface area contributed by atoms with E-state index in [9.17, 15) is 0 Å². The summed E-state index contributed by atoms with van der Waals surface area (Å²) in [6.07, 6.45) is 7.56. The average molecular weight is 219 g/mol. The molecular formula is C11H17N5. The van der Waals surface area contributed by atoms with Crippen LogP contribution in [0.2, 0.25) is 0 Å². The first-order valence-electron chi connectivity index (χ1n) is 5.41. The summed E-state index contributed by atoms with van der Waals surface area (Å²) in [6, 6.07) is 2.42. The maximum absolute atomic E-state index is 4.31. The van der Waals surface area contributed by atoms with Gasteiger partial charge < -0.3 is 9.88 Å². The van der Waals surface area contributed by atoms with Gasteiger partial charge in [0.05, 0.1) is 12.0 Å². The van der Waals surface area contributed by atoms with Crippen LogP contribution in [-0.2, 0) is 20.1 Å². The van der Waals surface area contributed by atoms with Crippen molar-refractivity contribution < 1.29 is 0 Å². The molecule has 1 N–H and O–H groups in total. The van der Waals surface area contributed by atoms with Crippen molar-refractivity contribution in [1.82, 2.24) is 24.6 Å². The van der Waals surface area contributed by atoms with Crippen LogP contribution in [0, 0.1) is 0 Å². The van der Waals surface area contributed by atoms with E-state index in [2.05, 4.69) is 26.9 Å². The fourth-order valence-corrected chi connectivity index (χ4v) is 1.61. The first-order valence-corrected chi connectivity index (χ1v) is 5.41.